The number of esters is 1. The molecule has 0 fully saturated rings. The normalized spacial score (nSPS) is 12.5. The van der Waals surface area contributed by atoms with E-state index in [0.717, 1.165) is 51.4 Å². The van der Waals surface area contributed by atoms with Crippen molar-refractivity contribution in [1.82, 2.24) is 5.32 Å². The molecule has 0 aliphatic carbocycles. The summed E-state index contributed by atoms with van der Waals surface area (Å²) in [6.45, 7) is 4.95. The van der Waals surface area contributed by atoms with Gasteiger partial charge in [0, 0.05) is 12.8 Å². The monoisotopic (exact) mass is 878 g/mol. The van der Waals surface area contributed by atoms with Gasteiger partial charge in [-0.25, -0.2) is 0 Å². The van der Waals surface area contributed by atoms with Gasteiger partial charge in [0.2, 0.25) is 5.91 Å². The third-order valence-corrected chi connectivity index (χ3v) is 13.4. The van der Waals surface area contributed by atoms with Crippen LogP contribution < -0.4 is 5.32 Å². The number of rotatable bonds is 53. The maximum atomic E-state index is 12.4. The first-order valence-corrected chi connectivity index (χ1v) is 28.3. The number of aliphatic hydroxyl groups excluding tert-OH is 2. The lowest BCUT2D eigenvalue weighted by molar-refractivity contribution is -0.143. The molecule has 0 spiro atoms. The molecule has 0 bridgehead atoms. The standard InChI is InChI=1S/C56H111NO5/c1-3-5-7-9-11-13-15-17-18-19-20-21-22-26-30-34-38-42-46-50-56(61)62-51-47-43-39-35-31-27-24-23-25-29-33-37-41-45-49-55(60)57-53(52-58)54(59)48-44-40-36-32-28-16-14-12-10-8-6-4-2/h53-54,58-59H,3-52H2,1-2H3,(H,57,60). The van der Waals surface area contributed by atoms with Crippen molar-refractivity contribution in [3.8, 4) is 0 Å². The van der Waals surface area contributed by atoms with Crippen molar-refractivity contribution < 1.29 is 24.5 Å². The number of carbonyl (C=O) groups is 2. The van der Waals surface area contributed by atoms with E-state index in [9.17, 15) is 19.8 Å². The average molecular weight is 879 g/mol. The Hall–Kier alpha value is -1.14. The highest BCUT2D eigenvalue weighted by molar-refractivity contribution is 5.76. The fourth-order valence-electron chi connectivity index (χ4n) is 9.05. The van der Waals surface area contributed by atoms with Gasteiger partial charge in [-0.3, -0.25) is 9.59 Å². The molecule has 0 heterocycles. The molecule has 0 radical (unpaired) electrons. The Morgan fingerprint density at radius 1 is 0.387 bits per heavy atom. The molecule has 370 valence electrons. The van der Waals surface area contributed by atoms with Crippen molar-refractivity contribution in [2.24, 2.45) is 0 Å². The number of ether oxygens (including phenoxy) is 1. The maximum Gasteiger partial charge on any atom is 0.305 e. The molecule has 0 aromatic heterocycles. The van der Waals surface area contributed by atoms with Crippen LogP contribution in [0.15, 0.2) is 0 Å². The van der Waals surface area contributed by atoms with Crippen molar-refractivity contribution in [2.75, 3.05) is 13.2 Å². The van der Waals surface area contributed by atoms with Gasteiger partial charge in [-0.05, 0) is 25.7 Å². The van der Waals surface area contributed by atoms with Gasteiger partial charge in [-0.2, -0.15) is 0 Å². The second-order valence-electron chi connectivity index (χ2n) is 19.6. The van der Waals surface area contributed by atoms with Crippen LogP contribution in [0.4, 0.5) is 0 Å². The Morgan fingerprint density at radius 2 is 0.661 bits per heavy atom. The fraction of sp³-hybridized carbons (Fsp3) is 0.964. The van der Waals surface area contributed by atoms with E-state index in [0.29, 0.717) is 25.9 Å². The molecule has 0 aliphatic heterocycles. The van der Waals surface area contributed by atoms with Crippen LogP contribution in [0.5, 0.6) is 0 Å². The highest BCUT2D eigenvalue weighted by Crippen LogP contribution is 2.18. The molecule has 62 heavy (non-hydrogen) atoms. The molecule has 0 saturated heterocycles. The van der Waals surface area contributed by atoms with E-state index in [1.165, 1.54) is 238 Å². The molecule has 0 rings (SSSR count). The minimum atomic E-state index is -0.669. The van der Waals surface area contributed by atoms with E-state index in [1.54, 1.807) is 0 Å². The minimum Gasteiger partial charge on any atom is -0.466 e. The van der Waals surface area contributed by atoms with Crippen molar-refractivity contribution in [1.29, 1.82) is 0 Å². The summed E-state index contributed by atoms with van der Waals surface area (Å²) in [5, 5.41) is 23.2. The first kappa shape index (κ1) is 60.9. The third-order valence-electron chi connectivity index (χ3n) is 13.4. The van der Waals surface area contributed by atoms with Crippen LogP contribution >= 0.6 is 0 Å². The topological polar surface area (TPSA) is 95.9 Å². The lowest BCUT2D eigenvalue weighted by Crippen LogP contribution is -2.45. The zero-order chi connectivity index (χ0) is 45.1. The van der Waals surface area contributed by atoms with Crippen LogP contribution in [-0.4, -0.2) is 47.4 Å². The SMILES string of the molecule is CCCCCCCCCCCCCCCCCCCCCC(=O)OCCCCCCCCCCCCCCCCC(=O)NC(CO)C(O)CCCCCCCCCCCCCC. The summed E-state index contributed by atoms with van der Waals surface area (Å²) in [7, 11) is 0. The van der Waals surface area contributed by atoms with Crippen LogP contribution in [0.3, 0.4) is 0 Å². The Balaban J connectivity index is 3.38. The molecule has 3 N–H and O–H groups in total. The number of hydrogen-bond acceptors (Lipinski definition) is 5. The van der Waals surface area contributed by atoms with Crippen molar-refractivity contribution in [3.63, 3.8) is 0 Å². The first-order valence-electron chi connectivity index (χ1n) is 28.3. The summed E-state index contributed by atoms with van der Waals surface area (Å²) < 4.78 is 5.49. The minimum absolute atomic E-state index is 0.00331. The number of unbranched alkanes of at least 4 members (excludes halogenated alkanes) is 42. The highest BCUT2D eigenvalue weighted by Gasteiger charge is 2.20. The molecule has 0 saturated carbocycles. The summed E-state index contributed by atoms with van der Waals surface area (Å²) in [5.41, 5.74) is 0. The molecule has 0 aromatic carbocycles. The molecule has 6 heteroatoms. The fourth-order valence-corrected chi connectivity index (χ4v) is 9.05. The predicted octanol–water partition coefficient (Wildman–Crippen LogP) is 17.1. The molecule has 0 aromatic rings. The average Bonchev–Trinajstić information content (AvgIpc) is 3.27. The van der Waals surface area contributed by atoms with Crippen LogP contribution in [0.2, 0.25) is 0 Å². The Labute approximate surface area is 387 Å². The smallest absolute Gasteiger partial charge is 0.305 e. The van der Waals surface area contributed by atoms with E-state index in [1.807, 2.05) is 0 Å². The van der Waals surface area contributed by atoms with E-state index >= 15 is 0 Å². The molecule has 0 aliphatic rings. The van der Waals surface area contributed by atoms with Gasteiger partial charge in [0.15, 0.2) is 0 Å². The van der Waals surface area contributed by atoms with E-state index < -0.39 is 12.1 Å². The summed E-state index contributed by atoms with van der Waals surface area (Å²) >= 11 is 0. The van der Waals surface area contributed by atoms with Crippen LogP contribution in [-0.2, 0) is 14.3 Å². The number of carbonyl (C=O) groups excluding carboxylic acids is 2. The Bertz CT molecular complexity index is 882. The quantitative estimate of drug-likeness (QED) is 0.0418. The zero-order valence-corrected chi connectivity index (χ0v) is 42.1. The number of nitrogens with one attached hydrogen (secondary N) is 1. The van der Waals surface area contributed by atoms with Gasteiger partial charge in [0.25, 0.3) is 0 Å². The lowest BCUT2D eigenvalue weighted by Gasteiger charge is -2.22. The zero-order valence-electron chi connectivity index (χ0n) is 42.1. The van der Waals surface area contributed by atoms with E-state index in [4.69, 9.17) is 4.74 Å². The van der Waals surface area contributed by atoms with E-state index in [2.05, 4.69) is 19.2 Å². The molecule has 2 atom stereocenters. The second-order valence-corrected chi connectivity index (χ2v) is 19.6. The summed E-state index contributed by atoms with van der Waals surface area (Å²) in [6, 6.07) is -0.547. The van der Waals surface area contributed by atoms with Gasteiger partial charge in [0.1, 0.15) is 0 Å². The number of amides is 1. The number of aliphatic hydroxyl groups is 2. The van der Waals surface area contributed by atoms with Crippen LogP contribution in [0, 0.1) is 0 Å². The molecule has 1 amide bonds. The van der Waals surface area contributed by atoms with Gasteiger partial charge in [-0.1, -0.05) is 284 Å². The van der Waals surface area contributed by atoms with Crippen molar-refractivity contribution in [3.05, 3.63) is 0 Å². The highest BCUT2D eigenvalue weighted by atomic mass is 16.5. The van der Waals surface area contributed by atoms with Crippen molar-refractivity contribution >= 4 is 11.9 Å². The van der Waals surface area contributed by atoms with Gasteiger partial charge in [0.05, 0.1) is 25.4 Å². The third kappa shape index (κ3) is 48.3. The Kier molecular flexibility index (Phi) is 51.5. The summed E-state index contributed by atoms with van der Waals surface area (Å²) in [4.78, 5) is 24.5. The molecular weight excluding hydrogens is 767 g/mol. The van der Waals surface area contributed by atoms with Crippen molar-refractivity contribution in [2.45, 2.75) is 334 Å². The van der Waals surface area contributed by atoms with Crippen LogP contribution in [0.1, 0.15) is 322 Å². The van der Waals surface area contributed by atoms with Crippen LogP contribution in [0.25, 0.3) is 0 Å². The molecule has 6 nitrogen and oxygen atoms in total. The maximum absolute atomic E-state index is 12.4. The lowest BCUT2D eigenvalue weighted by atomic mass is 10.0. The van der Waals surface area contributed by atoms with E-state index in [-0.39, 0.29) is 18.5 Å². The second kappa shape index (κ2) is 52.5. The summed E-state index contributed by atoms with van der Waals surface area (Å²) in [5.74, 6) is -0.0406. The molecular formula is C56H111NO5. The number of hydrogen-bond donors (Lipinski definition) is 3. The van der Waals surface area contributed by atoms with Gasteiger partial charge < -0.3 is 20.3 Å². The van der Waals surface area contributed by atoms with Gasteiger partial charge >= 0.3 is 5.97 Å². The largest absolute Gasteiger partial charge is 0.466 e. The first-order chi connectivity index (χ1) is 30.5. The molecule has 2 unspecified atom stereocenters. The predicted molar refractivity (Wildman–Crippen MR) is 269 cm³/mol. The summed E-state index contributed by atoms with van der Waals surface area (Å²) in [6.07, 6.45) is 59.4. The Morgan fingerprint density at radius 3 is 0.984 bits per heavy atom. The van der Waals surface area contributed by atoms with Gasteiger partial charge in [-0.15, -0.1) is 0 Å².